The Labute approximate surface area is 116 Å². The van der Waals surface area contributed by atoms with Crippen molar-refractivity contribution < 1.29 is 0 Å². The van der Waals surface area contributed by atoms with Crippen LogP contribution in [0, 0.1) is 0 Å². The Morgan fingerprint density at radius 2 is 2.32 bits per heavy atom. The third-order valence-electron chi connectivity index (χ3n) is 4.79. The molecule has 2 unspecified atom stereocenters. The number of fused-ring (bicyclic) bond motifs is 1. The molecule has 2 atom stereocenters. The second-order valence-electron chi connectivity index (χ2n) is 5.96. The molecular weight excluding hydrogens is 234 g/mol. The summed E-state index contributed by atoms with van der Waals surface area (Å²) < 4.78 is 0. The van der Waals surface area contributed by atoms with Gasteiger partial charge >= 0.3 is 0 Å². The van der Waals surface area contributed by atoms with E-state index >= 15 is 0 Å². The highest BCUT2D eigenvalue weighted by Gasteiger charge is 2.34. The first kappa shape index (κ1) is 13.1. The molecule has 0 aliphatic carbocycles. The topological polar surface area (TPSA) is 19.4 Å². The van der Waals surface area contributed by atoms with Crippen molar-refractivity contribution in [2.24, 2.45) is 0 Å². The van der Waals surface area contributed by atoms with Crippen LogP contribution >= 0.6 is 0 Å². The lowest BCUT2D eigenvalue weighted by molar-refractivity contribution is 0.0501. The average Bonchev–Trinajstić information content (AvgIpc) is 2.92. The number of hydrogen-bond acceptors (Lipinski definition) is 3. The lowest BCUT2D eigenvalue weighted by Gasteiger charge is -2.43. The molecule has 2 fully saturated rings. The molecule has 19 heavy (non-hydrogen) atoms. The van der Waals surface area contributed by atoms with Crippen molar-refractivity contribution in [3.63, 3.8) is 0 Å². The Hall–Kier alpha value is -0.930. The van der Waals surface area contributed by atoms with Crippen LogP contribution in [-0.2, 0) is 6.42 Å². The minimum absolute atomic E-state index is 0.756. The maximum absolute atomic E-state index is 4.21. The van der Waals surface area contributed by atoms with Crippen LogP contribution in [-0.4, -0.2) is 53.0 Å². The van der Waals surface area contributed by atoms with E-state index in [1.54, 1.807) is 0 Å². The molecule has 1 aromatic rings. The minimum Gasteiger partial charge on any atom is -0.298 e. The first-order valence-corrected chi connectivity index (χ1v) is 7.74. The molecule has 0 N–H and O–H groups in total. The highest BCUT2D eigenvalue weighted by molar-refractivity contribution is 5.09. The van der Waals surface area contributed by atoms with E-state index in [2.05, 4.69) is 27.8 Å². The molecule has 2 aliphatic rings. The Morgan fingerprint density at radius 3 is 3.11 bits per heavy atom. The zero-order valence-electron chi connectivity index (χ0n) is 12.0. The zero-order valence-corrected chi connectivity index (χ0v) is 12.0. The molecule has 0 bridgehead atoms. The highest BCUT2D eigenvalue weighted by atomic mass is 15.3. The number of aromatic nitrogens is 1. The Bertz CT molecular complexity index is 392. The highest BCUT2D eigenvalue weighted by Crippen LogP contribution is 2.25. The smallest absolute Gasteiger partial charge is 0.0300 e. The summed E-state index contributed by atoms with van der Waals surface area (Å²) in [6, 6.07) is 5.82. The standard InChI is InChI=1S/C16H25N3/c1-2-15-12-18-9-4-6-16(18)13-19(15)10-7-14-5-3-8-17-11-14/h3,5,8,11,15-16H,2,4,6-7,9-10,12-13H2,1H3. The predicted octanol–water partition coefficient (Wildman–Crippen LogP) is 2.18. The van der Waals surface area contributed by atoms with Crippen LogP contribution in [0.2, 0.25) is 0 Å². The summed E-state index contributed by atoms with van der Waals surface area (Å²) in [7, 11) is 0. The first-order valence-electron chi connectivity index (χ1n) is 7.74. The van der Waals surface area contributed by atoms with Gasteiger partial charge in [-0.2, -0.15) is 0 Å². The van der Waals surface area contributed by atoms with E-state index in [1.165, 1.54) is 51.0 Å². The van der Waals surface area contributed by atoms with E-state index in [0.717, 1.165) is 18.5 Å². The SMILES string of the molecule is CCC1CN2CCCC2CN1CCc1cccnc1. The molecule has 2 aliphatic heterocycles. The summed E-state index contributed by atoms with van der Waals surface area (Å²) in [5.74, 6) is 0. The van der Waals surface area contributed by atoms with Crippen molar-refractivity contribution in [2.45, 2.75) is 44.7 Å². The van der Waals surface area contributed by atoms with Gasteiger partial charge < -0.3 is 0 Å². The maximum atomic E-state index is 4.21. The van der Waals surface area contributed by atoms with Gasteiger partial charge in [0.05, 0.1) is 0 Å². The quantitative estimate of drug-likeness (QED) is 0.826. The van der Waals surface area contributed by atoms with E-state index in [-0.39, 0.29) is 0 Å². The van der Waals surface area contributed by atoms with E-state index in [1.807, 2.05) is 18.5 Å². The van der Waals surface area contributed by atoms with Crippen molar-refractivity contribution in [3.05, 3.63) is 30.1 Å². The Morgan fingerprint density at radius 1 is 1.37 bits per heavy atom. The normalized spacial score (nSPS) is 28.5. The molecule has 3 heterocycles. The molecule has 2 saturated heterocycles. The number of nitrogens with zero attached hydrogens (tertiary/aromatic N) is 3. The molecule has 0 amide bonds. The van der Waals surface area contributed by atoms with Gasteiger partial charge in [-0.15, -0.1) is 0 Å². The molecular formula is C16H25N3. The van der Waals surface area contributed by atoms with Crippen LogP contribution in [0.3, 0.4) is 0 Å². The summed E-state index contributed by atoms with van der Waals surface area (Å²) in [6.45, 7) is 7.41. The van der Waals surface area contributed by atoms with Crippen LogP contribution < -0.4 is 0 Å². The van der Waals surface area contributed by atoms with Crippen LogP contribution in [0.15, 0.2) is 24.5 Å². The predicted molar refractivity (Wildman–Crippen MR) is 78.2 cm³/mol. The Kier molecular flexibility index (Phi) is 4.14. The van der Waals surface area contributed by atoms with Crippen LogP contribution in [0.4, 0.5) is 0 Å². The van der Waals surface area contributed by atoms with Gasteiger partial charge in [0, 0.05) is 44.1 Å². The third-order valence-corrected chi connectivity index (χ3v) is 4.79. The van der Waals surface area contributed by atoms with Gasteiger partial charge in [0.15, 0.2) is 0 Å². The summed E-state index contributed by atoms with van der Waals surface area (Å²) in [5.41, 5.74) is 1.37. The van der Waals surface area contributed by atoms with E-state index in [0.29, 0.717) is 0 Å². The molecule has 3 nitrogen and oxygen atoms in total. The fourth-order valence-corrected chi connectivity index (χ4v) is 3.63. The molecule has 0 radical (unpaired) electrons. The minimum atomic E-state index is 0.756. The first-order chi connectivity index (χ1) is 9.36. The summed E-state index contributed by atoms with van der Waals surface area (Å²) >= 11 is 0. The van der Waals surface area contributed by atoms with Crippen LogP contribution in [0.1, 0.15) is 31.7 Å². The Balaban J connectivity index is 1.59. The fourth-order valence-electron chi connectivity index (χ4n) is 3.63. The van der Waals surface area contributed by atoms with E-state index in [4.69, 9.17) is 0 Å². The summed E-state index contributed by atoms with van der Waals surface area (Å²) in [4.78, 5) is 9.65. The second-order valence-corrected chi connectivity index (χ2v) is 5.96. The number of hydrogen-bond donors (Lipinski definition) is 0. The van der Waals surface area contributed by atoms with Gasteiger partial charge in [-0.3, -0.25) is 14.8 Å². The number of pyridine rings is 1. The van der Waals surface area contributed by atoms with E-state index < -0.39 is 0 Å². The molecule has 3 rings (SSSR count). The lowest BCUT2D eigenvalue weighted by Crippen LogP contribution is -2.56. The molecule has 0 spiro atoms. The molecule has 104 valence electrons. The zero-order chi connectivity index (χ0) is 13.1. The van der Waals surface area contributed by atoms with Gasteiger partial charge in [-0.1, -0.05) is 13.0 Å². The maximum Gasteiger partial charge on any atom is 0.0300 e. The van der Waals surface area contributed by atoms with Gasteiger partial charge in [-0.25, -0.2) is 0 Å². The van der Waals surface area contributed by atoms with E-state index in [9.17, 15) is 0 Å². The van der Waals surface area contributed by atoms with Gasteiger partial charge in [0.25, 0.3) is 0 Å². The van der Waals surface area contributed by atoms with Gasteiger partial charge in [0.1, 0.15) is 0 Å². The van der Waals surface area contributed by atoms with Gasteiger partial charge in [-0.05, 0) is 43.9 Å². The molecule has 1 aromatic heterocycles. The lowest BCUT2D eigenvalue weighted by atomic mass is 10.0. The summed E-state index contributed by atoms with van der Waals surface area (Å²) in [5, 5.41) is 0. The van der Waals surface area contributed by atoms with Crippen molar-refractivity contribution >= 4 is 0 Å². The fraction of sp³-hybridized carbons (Fsp3) is 0.688. The van der Waals surface area contributed by atoms with Crippen molar-refractivity contribution in [2.75, 3.05) is 26.2 Å². The molecule has 3 heteroatoms. The van der Waals surface area contributed by atoms with Crippen LogP contribution in [0.25, 0.3) is 0 Å². The summed E-state index contributed by atoms with van der Waals surface area (Å²) in [6.07, 6.45) is 9.08. The van der Waals surface area contributed by atoms with Crippen molar-refractivity contribution in [1.82, 2.24) is 14.8 Å². The molecule has 0 aromatic carbocycles. The number of piperazine rings is 1. The molecule has 0 saturated carbocycles. The largest absolute Gasteiger partial charge is 0.298 e. The van der Waals surface area contributed by atoms with Crippen molar-refractivity contribution in [1.29, 1.82) is 0 Å². The van der Waals surface area contributed by atoms with Crippen molar-refractivity contribution in [3.8, 4) is 0 Å². The third kappa shape index (κ3) is 2.98. The monoisotopic (exact) mass is 259 g/mol. The average molecular weight is 259 g/mol. The second kappa shape index (κ2) is 6.02. The van der Waals surface area contributed by atoms with Crippen LogP contribution in [0.5, 0.6) is 0 Å². The van der Waals surface area contributed by atoms with Gasteiger partial charge in [0.2, 0.25) is 0 Å². The number of rotatable bonds is 4.